The predicted molar refractivity (Wildman–Crippen MR) is 33.0 cm³/mol. The Kier molecular flexibility index (Phi) is 0.681. The lowest BCUT2D eigenvalue weighted by atomic mass is 10.0. The van der Waals surface area contributed by atoms with E-state index in [2.05, 4.69) is 0 Å². The third kappa shape index (κ3) is 0.421. The second kappa shape index (κ2) is 1.35. The first kappa shape index (κ1) is 4.56. The zero-order valence-electron chi connectivity index (χ0n) is 4.63. The summed E-state index contributed by atoms with van der Waals surface area (Å²) in [4.78, 5) is 10.1. The molecule has 44 valence electrons. The number of fused-ring (bicyclic) bond motifs is 1. The van der Waals surface area contributed by atoms with Crippen LogP contribution >= 0.6 is 0 Å². The van der Waals surface area contributed by atoms with E-state index in [4.69, 9.17) is 4.42 Å². The summed E-state index contributed by atoms with van der Waals surface area (Å²) in [6.07, 6.45) is 6.08. The molecule has 0 spiro atoms. The molecule has 0 atom stereocenters. The van der Waals surface area contributed by atoms with Gasteiger partial charge in [-0.25, -0.2) is 0 Å². The number of aldehydes is 1. The predicted octanol–water partition coefficient (Wildman–Crippen LogP) is 1.58. The Morgan fingerprint density at radius 3 is 2.67 bits per heavy atom. The van der Waals surface area contributed by atoms with E-state index in [1.54, 1.807) is 6.26 Å². The molecule has 0 bridgehead atoms. The summed E-state index contributed by atoms with van der Waals surface area (Å²) in [5.74, 6) is 0.438. The third-order valence-corrected chi connectivity index (χ3v) is 1.43. The van der Waals surface area contributed by atoms with Crippen LogP contribution in [0.25, 0.3) is 12.2 Å². The lowest BCUT2D eigenvalue weighted by molar-refractivity contribution is 0.110. The van der Waals surface area contributed by atoms with E-state index in [-0.39, 0.29) is 0 Å². The van der Waals surface area contributed by atoms with Gasteiger partial charge in [-0.3, -0.25) is 4.79 Å². The summed E-state index contributed by atoms with van der Waals surface area (Å²) < 4.78 is 4.88. The molecule has 0 amide bonds. The van der Waals surface area contributed by atoms with Crippen LogP contribution in [0.3, 0.4) is 0 Å². The molecule has 0 fully saturated rings. The van der Waals surface area contributed by atoms with Crippen LogP contribution in [0.5, 0.6) is 0 Å². The van der Waals surface area contributed by atoms with Gasteiger partial charge in [0.1, 0.15) is 0 Å². The maximum absolute atomic E-state index is 10.1. The summed E-state index contributed by atoms with van der Waals surface area (Å²) in [7, 11) is 0. The molecule has 0 saturated carbocycles. The Morgan fingerprint density at radius 2 is 2.33 bits per heavy atom. The molecule has 2 rings (SSSR count). The molecule has 1 aromatic heterocycles. The van der Waals surface area contributed by atoms with Crippen LogP contribution in [0.15, 0.2) is 10.7 Å². The lowest BCUT2D eigenvalue weighted by Gasteiger charge is -1.98. The molecule has 2 nitrogen and oxygen atoms in total. The van der Waals surface area contributed by atoms with Gasteiger partial charge in [0, 0.05) is 11.1 Å². The van der Waals surface area contributed by atoms with Crippen molar-refractivity contribution in [3.63, 3.8) is 0 Å². The molecule has 1 aliphatic rings. The zero-order valence-corrected chi connectivity index (χ0v) is 4.63. The van der Waals surface area contributed by atoms with Crippen LogP contribution in [-0.4, -0.2) is 6.29 Å². The normalized spacial score (nSPS) is 12.4. The summed E-state index contributed by atoms with van der Waals surface area (Å²) in [6, 6.07) is 0. The fourth-order valence-electron chi connectivity index (χ4n) is 0.872. The second-order valence-corrected chi connectivity index (χ2v) is 1.92. The first-order valence-electron chi connectivity index (χ1n) is 2.66. The average Bonchev–Trinajstić information content (AvgIpc) is 2.07. The van der Waals surface area contributed by atoms with E-state index in [1.165, 1.54) is 0 Å². The minimum Gasteiger partial charge on any atom is -0.460 e. The Balaban J connectivity index is 2.64. The van der Waals surface area contributed by atoms with Crippen molar-refractivity contribution < 1.29 is 9.21 Å². The number of carbonyl (C=O) groups is 1. The van der Waals surface area contributed by atoms with Crippen molar-refractivity contribution in [1.82, 2.24) is 0 Å². The smallest absolute Gasteiger partial charge is 0.185 e. The fourth-order valence-corrected chi connectivity index (χ4v) is 0.872. The highest BCUT2D eigenvalue weighted by Gasteiger charge is 2.13. The van der Waals surface area contributed by atoms with Crippen LogP contribution in [0.1, 0.15) is 21.7 Å². The molecule has 1 aliphatic carbocycles. The number of hydrogen-bond donors (Lipinski definition) is 0. The molecule has 0 aromatic carbocycles. The summed E-state index contributed by atoms with van der Waals surface area (Å²) in [5, 5.41) is 0. The van der Waals surface area contributed by atoms with Crippen molar-refractivity contribution in [3.05, 3.63) is 23.2 Å². The van der Waals surface area contributed by atoms with Gasteiger partial charge in [-0.15, -0.1) is 0 Å². The summed E-state index contributed by atoms with van der Waals surface area (Å²) in [5.41, 5.74) is 1.96. The Bertz CT molecular complexity index is 281. The van der Waals surface area contributed by atoms with E-state index in [1.807, 2.05) is 12.2 Å². The molecule has 0 N–H and O–H groups in total. The first-order chi connectivity index (χ1) is 4.42. The van der Waals surface area contributed by atoms with Crippen LogP contribution in [0, 0.1) is 0 Å². The first-order valence-corrected chi connectivity index (χ1v) is 2.66. The minimum atomic E-state index is 0.438. The molecule has 2 heteroatoms. The van der Waals surface area contributed by atoms with Crippen molar-refractivity contribution in [1.29, 1.82) is 0 Å². The number of hydrogen-bond acceptors (Lipinski definition) is 2. The lowest BCUT2D eigenvalue weighted by Crippen LogP contribution is -1.86. The van der Waals surface area contributed by atoms with Crippen molar-refractivity contribution in [2.24, 2.45) is 0 Å². The minimum absolute atomic E-state index is 0.438. The molecular weight excluding hydrogens is 116 g/mol. The van der Waals surface area contributed by atoms with Crippen molar-refractivity contribution in [2.45, 2.75) is 0 Å². The van der Waals surface area contributed by atoms with Gasteiger partial charge in [0.05, 0.1) is 6.26 Å². The van der Waals surface area contributed by atoms with E-state index >= 15 is 0 Å². The van der Waals surface area contributed by atoms with Gasteiger partial charge < -0.3 is 4.42 Å². The van der Waals surface area contributed by atoms with E-state index in [0.717, 1.165) is 17.4 Å². The molecule has 1 aromatic rings. The van der Waals surface area contributed by atoms with Gasteiger partial charge in [0.2, 0.25) is 0 Å². The quantitative estimate of drug-likeness (QED) is 0.535. The summed E-state index contributed by atoms with van der Waals surface area (Å²) >= 11 is 0. The fraction of sp³-hybridized carbons (Fsp3) is 0. The van der Waals surface area contributed by atoms with E-state index in [0.29, 0.717) is 5.76 Å². The largest absolute Gasteiger partial charge is 0.460 e. The maximum Gasteiger partial charge on any atom is 0.185 e. The van der Waals surface area contributed by atoms with Gasteiger partial charge in [-0.1, -0.05) is 6.08 Å². The topological polar surface area (TPSA) is 30.2 Å². The standard InChI is InChI=1S/C7H4O2/c8-3-7-6-2-1-5(6)4-9-7/h1-4H. The average molecular weight is 120 g/mol. The van der Waals surface area contributed by atoms with Crippen LogP contribution < -0.4 is 0 Å². The molecule has 9 heavy (non-hydrogen) atoms. The molecule has 0 unspecified atom stereocenters. The highest BCUT2D eigenvalue weighted by molar-refractivity contribution is 5.93. The van der Waals surface area contributed by atoms with E-state index < -0.39 is 0 Å². The van der Waals surface area contributed by atoms with Gasteiger partial charge >= 0.3 is 0 Å². The highest BCUT2D eigenvalue weighted by atomic mass is 16.3. The summed E-state index contributed by atoms with van der Waals surface area (Å²) in [6.45, 7) is 0. The number of rotatable bonds is 1. The van der Waals surface area contributed by atoms with Gasteiger partial charge in [0.25, 0.3) is 0 Å². The Morgan fingerprint density at radius 1 is 1.44 bits per heavy atom. The highest BCUT2D eigenvalue weighted by Crippen LogP contribution is 2.27. The van der Waals surface area contributed by atoms with Gasteiger partial charge in [0.15, 0.2) is 12.0 Å². The van der Waals surface area contributed by atoms with Crippen LogP contribution in [0.4, 0.5) is 0 Å². The van der Waals surface area contributed by atoms with Gasteiger partial charge in [-0.05, 0) is 6.08 Å². The molecular formula is C7H4O2. The molecule has 1 heterocycles. The Hall–Kier alpha value is -1.31. The van der Waals surface area contributed by atoms with Gasteiger partial charge in [-0.2, -0.15) is 0 Å². The monoisotopic (exact) mass is 120 g/mol. The maximum atomic E-state index is 10.1. The second-order valence-electron chi connectivity index (χ2n) is 1.92. The molecule has 0 saturated heterocycles. The van der Waals surface area contributed by atoms with Crippen molar-refractivity contribution >= 4 is 18.4 Å². The van der Waals surface area contributed by atoms with Crippen LogP contribution in [0.2, 0.25) is 0 Å². The van der Waals surface area contributed by atoms with Crippen LogP contribution in [-0.2, 0) is 0 Å². The molecule has 0 radical (unpaired) electrons. The van der Waals surface area contributed by atoms with E-state index in [9.17, 15) is 4.79 Å². The SMILES string of the molecule is O=Cc1occ2c1C=C2. The number of furan rings is 1. The zero-order chi connectivity index (χ0) is 6.27. The van der Waals surface area contributed by atoms with Crippen molar-refractivity contribution in [3.8, 4) is 0 Å². The van der Waals surface area contributed by atoms with Crippen molar-refractivity contribution in [2.75, 3.05) is 0 Å². The molecule has 0 aliphatic heterocycles. The third-order valence-electron chi connectivity index (χ3n) is 1.43. The number of carbonyl (C=O) groups excluding carboxylic acids is 1. The Labute approximate surface area is 51.8 Å².